The second kappa shape index (κ2) is 8.89. The van der Waals surface area contributed by atoms with E-state index in [1.807, 2.05) is 0 Å². The highest BCUT2D eigenvalue weighted by atomic mass is 35.5. The minimum atomic E-state index is -4.71. The summed E-state index contributed by atoms with van der Waals surface area (Å²) in [7, 11) is 0. The van der Waals surface area contributed by atoms with Gasteiger partial charge in [-0.3, -0.25) is 4.79 Å². The fourth-order valence-electron chi connectivity index (χ4n) is 2.97. The van der Waals surface area contributed by atoms with Gasteiger partial charge in [0.1, 0.15) is 5.70 Å². The maximum Gasteiger partial charge on any atom is 0.430 e. The summed E-state index contributed by atoms with van der Waals surface area (Å²) in [6.07, 6.45) is -4.01. The summed E-state index contributed by atoms with van der Waals surface area (Å²) in [6.45, 7) is 0.705. The lowest BCUT2D eigenvalue weighted by atomic mass is 10.1. The van der Waals surface area contributed by atoms with E-state index in [1.54, 1.807) is 24.3 Å². The maximum atomic E-state index is 13.0. The number of rotatable bonds is 4. The van der Waals surface area contributed by atoms with E-state index >= 15 is 0 Å². The zero-order valence-electron chi connectivity index (χ0n) is 15.7. The first-order chi connectivity index (χ1) is 14.1. The number of aliphatic hydroxyl groups excluding tert-OH is 1. The molecule has 1 aliphatic heterocycles. The normalized spacial score (nSPS) is 18.0. The Balaban J connectivity index is 1.96. The van der Waals surface area contributed by atoms with E-state index in [2.05, 4.69) is 4.99 Å². The number of alkyl halides is 3. The minimum absolute atomic E-state index is 0.0477. The van der Waals surface area contributed by atoms with Crippen molar-refractivity contribution in [2.45, 2.75) is 18.7 Å². The van der Waals surface area contributed by atoms with Crippen molar-refractivity contribution in [3.8, 4) is 0 Å². The number of halogens is 4. The third-order valence-corrected chi connectivity index (χ3v) is 4.91. The summed E-state index contributed by atoms with van der Waals surface area (Å²) < 4.78 is 38.9. The lowest BCUT2D eigenvalue weighted by Gasteiger charge is -2.16. The van der Waals surface area contributed by atoms with Crippen molar-refractivity contribution < 1.29 is 23.1 Å². The number of β-amino-alcohol motifs (C(OH)–C–C–N with tert-alkyl or cyclic N) is 1. The molecule has 2 aromatic rings. The molecule has 0 aromatic heterocycles. The lowest BCUT2D eigenvalue weighted by Crippen LogP contribution is -2.29. The first-order valence-corrected chi connectivity index (χ1v) is 9.48. The Hall–Kier alpha value is -2.84. The van der Waals surface area contributed by atoms with Gasteiger partial charge in [-0.15, -0.1) is 0 Å². The smallest absolute Gasteiger partial charge is 0.395 e. The number of carbonyl (C=O) groups is 1. The Morgan fingerprint density at radius 2 is 1.80 bits per heavy atom. The molecule has 1 aliphatic rings. The molecule has 1 atom stereocenters. The molecule has 30 heavy (non-hydrogen) atoms. The number of carbonyl (C=O) groups excluding carboxylic acids is 1. The van der Waals surface area contributed by atoms with Crippen LogP contribution >= 0.6 is 11.6 Å². The van der Waals surface area contributed by atoms with E-state index in [4.69, 9.17) is 17.3 Å². The SMILES string of the molecule is NC(=CC(=Nc1ccccc1Cl)c1ccc(C(=O)N2CCC(O)C2)cc1)C(F)(F)F. The second-order valence-electron chi connectivity index (χ2n) is 6.82. The van der Waals surface area contributed by atoms with E-state index in [0.29, 0.717) is 24.1 Å². The molecule has 0 radical (unpaired) electrons. The molecule has 3 rings (SSSR count). The number of nitrogens with two attached hydrogens (primary N) is 1. The molecule has 1 unspecified atom stereocenters. The Labute approximate surface area is 176 Å². The fraction of sp³-hybridized carbons (Fsp3) is 0.238. The molecular weight excluding hydrogens is 419 g/mol. The van der Waals surface area contributed by atoms with Gasteiger partial charge in [0.15, 0.2) is 0 Å². The zero-order chi connectivity index (χ0) is 21.9. The predicted octanol–water partition coefficient (Wildman–Crippen LogP) is 4.07. The molecule has 1 amide bonds. The van der Waals surface area contributed by atoms with Crippen molar-refractivity contribution in [2.75, 3.05) is 13.1 Å². The number of aliphatic imine (C=N–C) groups is 1. The Morgan fingerprint density at radius 3 is 2.37 bits per heavy atom. The third-order valence-electron chi connectivity index (χ3n) is 4.59. The van der Waals surface area contributed by atoms with Gasteiger partial charge in [-0.1, -0.05) is 35.9 Å². The zero-order valence-corrected chi connectivity index (χ0v) is 16.5. The molecule has 0 spiro atoms. The number of allylic oxidation sites excluding steroid dienone is 2. The van der Waals surface area contributed by atoms with Crippen LogP contribution in [0.5, 0.6) is 0 Å². The fourth-order valence-corrected chi connectivity index (χ4v) is 3.15. The van der Waals surface area contributed by atoms with Crippen LogP contribution in [-0.2, 0) is 0 Å². The quantitative estimate of drug-likeness (QED) is 0.707. The van der Waals surface area contributed by atoms with Gasteiger partial charge in [0.2, 0.25) is 0 Å². The first-order valence-electron chi connectivity index (χ1n) is 9.10. The van der Waals surface area contributed by atoms with Gasteiger partial charge in [-0.25, -0.2) is 4.99 Å². The number of aliphatic hydroxyl groups is 1. The largest absolute Gasteiger partial charge is 0.430 e. The van der Waals surface area contributed by atoms with Crippen molar-refractivity contribution in [3.63, 3.8) is 0 Å². The molecule has 1 saturated heterocycles. The molecule has 158 valence electrons. The van der Waals surface area contributed by atoms with E-state index < -0.39 is 18.0 Å². The molecule has 9 heteroatoms. The minimum Gasteiger partial charge on any atom is -0.395 e. The monoisotopic (exact) mass is 437 g/mol. The second-order valence-corrected chi connectivity index (χ2v) is 7.22. The molecule has 5 nitrogen and oxygen atoms in total. The summed E-state index contributed by atoms with van der Waals surface area (Å²) in [6, 6.07) is 12.5. The lowest BCUT2D eigenvalue weighted by molar-refractivity contribution is -0.0925. The van der Waals surface area contributed by atoms with Crippen LogP contribution in [0, 0.1) is 0 Å². The summed E-state index contributed by atoms with van der Waals surface area (Å²) in [5.41, 5.74) is 4.82. The summed E-state index contributed by atoms with van der Waals surface area (Å²) in [4.78, 5) is 18.3. The standard InChI is InChI=1S/C21H19ClF3N3O2/c22-16-3-1-2-4-17(16)27-18(11-19(26)21(23,24)25)13-5-7-14(8-6-13)20(30)28-10-9-15(29)12-28/h1-8,11,15,29H,9-10,12,26H2. The van der Waals surface area contributed by atoms with Crippen LogP contribution in [-0.4, -0.2) is 47.0 Å². The van der Waals surface area contributed by atoms with E-state index in [0.717, 1.165) is 6.08 Å². The summed E-state index contributed by atoms with van der Waals surface area (Å²) >= 11 is 6.08. The Morgan fingerprint density at radius 1 is 1.17 bits per heavy atom. The number of amides is 1. The summed E-state index contributed by atoms with van der Waals surface area (Å²) in [5, 5.41) is 9.87. The Kier molecular flexibility index (Phi) is 6.48. The van der Waals surface area contributed by atoms with Gasteiger partial charge in [-0.2, -0.15) is 13.2 Å². The number of likely N-dealkylation sites (tertiary alicyclic amines) is 1. The highest BCUT2D eigenvalue weighted by Crippen LogP contribution is 2.27. The van der Waals surface area contributed by atoms with Crippen LogP contribution in [0.25, 0.3) is 0 Å². The van der Waals surface area contributed by atoms with Crippen molar-refractivity contribution in [2.24, 2.45) is 10.7 Å². The average molecular weight is 438 g/mol. The topological polar surface area (TPSA) is 78.9 Å². The van der Waals surface area contributed by atoms with Crippen molar-refractivity contribution in [3.05, 3.63) is 76.5 Å². The van der Waals surface area contributed by atoms with Crippen LogP contribution in [0.3, 0.4) is 0 Å². The van der Waals surface area contributed by atoms with E-state index in [9.17, 15) is 23.1 Å². The Bertz CT molecular complexity index is 988. The van der Waals surface area contributed by atoms with Gasteiger partial charge in [-0.05, 0) is 36.8 Å². The van der Waals surface area contributed by atoms with E-state index in [-0.39, 0.29) is 28.9 Å². The molecule has 2 aromatic carbocycles. The van der Waals surface area contributed by atoms with Gasteiger partial charge in [0, 0.05) is 24.2 Å². The van der Waals surface area contributed by atoms with Crippen LogP contribution in [0.2, 0.25) is 5.02 Å². The number of para-hydroxylation sites is 1. The average Bonchev–Trinajstić information content (AvgIpc) is 3.14. The summed E-state index contributed by atoms with van der Waals surface area (Å²) in [5.74, 6) is -0.256. The molecule has 0 aliphatic carbocycles. The van der Waals surface area contributed by atoms with Gasteiger partial charge >= 0.3 is 6.18 Å². The molecule has 0 bridgehead atoms. The molecule has 1 fully saturated rings. The highest BCUT2D eigenvalue weighted by molar-refractivity contribution is 6.33. The molecule has 1 heterocycles. The molecule has 3 N–H and O–H groups in total. The van der Waals surface area contributed by atoms with Crippen LogP contribution in [0.15, 0.2) is 65.3 Å². The first kappa shape index (κ1) is 21.9. The predicted molar refractivity (Wildman–Crippen MR) is 109 cm³/mol. The third kappa shape index (κ3) is 5.20. The van der Waals surface area contributed by atoms with Gasteiger partial charge in [0.25, 0.3) is 5.91 Å². The number of hydrogen-bond donors (Lipinski definition) is 2. The van der Waals surface area contributed by atoms with Crippen LogP contribution < -0.4 is 5.73 Å². The molecule has 0 saturated carbocycles. The van der Waals surface area contributed by atoms with Crippen molar-refractivity contribution >= 4 is 28.9 Å². The molecular formula is C21H19ClF3N3O2. The number of nitrogens with zero attached hydrogens (tertiary/aromatic N) is 2. The van der Waals surface area contributed by atoms with Crippen LogP contribution in [0.4, 0.5) is 18.9 Å². The van der Waals surface area contributed by atoms with Crippen LogP contribution in [0.1, 0.15) is 22.3 Å². The van der Waals surface area contributed by atoms with E-state index in [1.165, 1.54) is 29.2 Å². The number of hydrogen-bond acceptors (Lipinski definition) is 4. The highest BCUT2D eigenvalue weighted by Gasteiger charge is 2.32. The number of benzene rings is 2. The maximum absolute atomic E-state index is 13.0. The van der Waals surface area contributed by atoms with Gasteiger partial charge in [0.05, 0.1) is 22.5 Å². The van der Waals surface area contributed by atoms with Crippen molar-refractivity contribution in [1.29, 1.82) is 0 Å². The van der Waals surface area contributed by atoms with Gasteiger partial charge < -0.3 is 15.7 Å². The van der Waals surface area contributed by atoms with Crippen molar-refractivity contribution in [1.82, 2.24) is 4.90 Å².